The minimum atomic E-state index is -0.0758. The Labute approximate surface area is 322 Å². The Kier molecular flexibility index (Phi) is 15.7. The summed E-state index contributed by atoms with van der Waals surface area (Å²) in [4.78, 5) is 28.7. The fourth-order valence-corrected chi connectivity index (χ4v) is 8.78. The molecule has 2 atom stereocenters. The summed E-state index contributed by atoms with van der Waals surface area (Å²) in [5.41, 5.74) is 7.94. The minimum absolute atomic E-state index is 0. The number of nitrogens with one attached hydrogen (secondary N) is 3. The van der Waals surface area contributed by atoms with Crippen LogP contribution in [-0.2, 0) is 0 Å². The Morgan fingerprint density at radius 2 is 0.925 bits per heavy atom. The number of carbonyl (C=O) groups excluding carboxylic acids is 2. The molecule has 0 aliphatic heterocycles. The first-order chi connectivity index (χ1) is 24.5. The van der Waals surface area contributed by atoms with Crippen molar-refractivity contribution in [3.8, 4) is 0 Å². The first kappa shape index (κ1) is 43.2. The zero-order valence-electron chi connectivity index (χ0n) is 32.4. The monoisotopic (exact) mass is 713 g/mol. The van der Waals surface area contributed by atoms with E-state index in [1.807, 2.05) is 95.4 Å². The topological polar surface area (TPSA) is 73.5 Å². The van der Waals surface area contributed by atoms with Gasteiger partial charge in [-0.05, 0) is 108 Å². The molecule has 4 aromatic rings. The van der Waals surface area contributed by atoms with E-state index in [1.54, 1.807) is 0 Å². The molecule has 0 spiro atoms. The van der Waals surface area contributed by atoms with Gasteiger partial charge >= 0.3 is 0 Å². The van der Waals surface area contributed by atoms with E-state index in [0.717, 1.165) is 59.1 Å². The van der Waals surface area contributed by atoms with E-state index in [0.29, 0.717) is 0 Å². The maximum atomic E-state index is 13.3. The highest BCUT2D eigenvalue weighted by molar-refractivity contribution is 5.98. The van der Waals surface area contributed by atoms with Crippen molar-refractivity contribution in [2.45, 2.75) is 110 Å². The van der Waals surface area contributed by atoms with Crippen molar-refractivity contribution in [2.24, 2.45) is 0 Å². The van der Waals surface area contributed by atoms with Gasteiger partial charge in [0.2, 0.25) is 0 Å². The van der Waals surface area contributed by atoms with Crippen LogP contribution in [0.3, 0.4) is 0 Å². The van der Waals surface area contributed by atoms with Gasteiger partial charge in [-0.1, -0.05) is 130 Å². The van der Waals surface area contributed by atoms with Gasteiger partial charge in [-0.3, -0.25) is 9.59 Å². The van der Waals surface area contributed by atoms with E-state index in [2.05, 4.69) is 71.3 Å². The number of carbonyl (C=O) groups is 2. The number of hydrogen-bond acceptors (Lipinski definition) is 4. The molecule has 2 amide bonds. The predicted molar refractivity (Wildman–Crippen MR) is 223 cm³/mol. The van der Waals surface area contributed by atoms with Crippen LogP contribution < -0.4 is 16.0 Å². The highest BCUT2D eigenvalue weighted by Gasteiger charge is 2.45. The zero-order valence-corrected chi connectivity index (χ0v) is 32.4. The van der Waals surface area contributed by atoms with Gasteiger partial charge in [-0.2, -0.15) is 0 Å². The van der Waals surface area contributed by atoms with Crippen molar-refractivity contribution in [1.29, 1.82) is 0 Å². The fourth-order valence-electron chi connectivity index (χ4n) is 8.78. The van der Waals surface area contributed by atoms with Crippen LogP contribution in [0.4, 0.5) is 0 Å². The summed E-state index contributed by atoms with van der Waals surface area (Å²) in [5, 5.41) is 10.3. The molecule has 7 heteroatoms. The number of hydrogen-bond donors (Lipinski definition) is 3. The average molecular weight is 713 g/mol. The largest absolute Gasteiger partial charge is 0.343 e. The summed E-state index contributed by atoms with van der Waals surface area (Å²) in [6, 6.07) is 32.8. The zero-order chi connectivity index (χ0) is 36.6. The molecular weight excluding hydrogens is 650 g/mol. The summed E-state index contributed by atoms with van der Waals surface area (Å²) in [7, 11) is 6.31. The molecule has 6 nitrogen and oxygen atoms in total. The number of amides is 2. The molecule has 0 heterocycles. The number of likely N-dealkylation sites (N-methyl/N-ethyl adjacent to an activating group) is 2. The molecule has 0 aromatic heterocycles. The first-order valence-electron chi connectivity index (χ1n) is 18.7. The molecule has 3 radical (unpaired) electrons. The van der Waals surface area contributed by atoms with E-state index in [4.69, 9.17) is 0 Å². The Hall–Kier alpha value is -4.20. The average Bonchev–Trinajstić information content (AvgIpc) is 3.83. The molecule has 53 heavy (non-hydrogen) atoms. The van der Waals surface area contributed by atoms with Gasteiger partial charge in [0, 0.05) is 30.6 Å². The lowest BCUT2D eigenvalue weighted by atomic mass is 9.80. The molecule has 0 bridgehead atoms. The number of aryl methyl sites for hydroxylation is 4. The molecule has 2 fully saturated rings. The van der Waals surface area contributed by atoms with E-state index in [1.165, 1.54) is 36.8 Å². The second-order valence-corrected chi connectivity index (χ2v) is 15.0. The van der Waals surface area contributed by atoms with Crippen LogP contribution in [0, 0.1) is 27.7 Å². The predicted octanol–water partition coefficient (Wildman–Crippen LogP) is 9.21. The Bertz CT molecular complexity index is 1720. The van der Waals surface area contributed by atoms with Gasteiger partial charge in [-0.15, -0.1) is 0 Å². The van der Waals surface area contributed by atoms with Gasteiger partial charge in [-0.25, -0.2) is 0 Å². The van der Waals surface area contributed by atoms with Crippen LogP contribution >= 0.6 is 0 Å². The second-order valence-electron chi connectivity index (χ2n) is 15.0. The normalized spacial score (nSPS) is 16.6. The summed E-state index contributed by atoms with van der Waals surface area (Å²) in [6.07, 6.45) is 9.18. The van der Waals surface area contributed by atoms with E-state index in [-0.39, 0.29) is 50.8 Å². The maximum Gasteiger partial charge on any atom is 0.252 e. The second kappa shape index (κ2) is 19.2. The van der Waals surface area contributed by atoms with Gasteiger partial charge in [0.15, 0.2) is 0 Å². The number of benzene rings is 4. The summed E-state index contributed by atoms with van der Waals surface area (Å²) >= 11 is 0. The van der Waals surface area contributed by atoms with Crippen molar-refractivity contribution >= 4 is 20.2 Å². The molecule has 4 aromatic carbocycles. The van der Waals surface area contributed by atoms with Crippen molar-refractivity contribution in [2.75, 3.05) is 21.1 Å². The Morgan fingerprint density at radius 1 is 0.566 bits per heavy atom. The summed E-state index contributed by atoms with van der Waals surface area (Å²) in [6.45, 7) is 8.03. The van der Waals surface area contributed by atoms with Gasteiger partial charge in [0.1, 0.15) is 0 Å². The van der Waals surface area contributed by atoms with Crippen LogP contribution in [0.2, 0.25) is 0 Å². The first-order valence-corrected chi connectivity index (χ1v) is 18.7. The highest BCUT2D eigenvalue weighted by atomic mass is 16.2. The smallest absolute Gasteiger partial charge is 0.252 e. The lowest BCUT2D eigenvalue weighted by Gasteiger charge is -2.44. The highest BCUT2D eigenvalue weighted by Crippen LogP contribution is 2.44. The van der Waals surface area contributed by atoms with Crippen molar-refractivity contribution in [3.63, 3.8) is 0 Å². The van der Waals surface area contributed by atoms with E-state index in [9.17, 15) is 9.59 Å². The van der Waals surface area contributed by atoms with Crippen LogP contribution in [0.5, 0.6) is 0 Å². The molecule has 6 rings (SSSR count). The Morgan fingerprint density at radius 3 is 1.30 bits per heavy atom. The van der Waals surface area contributed by atoms with Crippen LogP contribution in [-0.4, -0.2) is 57.3 Å². The molecule has 2 saturated carbocycles. The van der Waals surface area contributed by atoms with Crippen LogP contribution in [0.25, 0.3) is 0 Å². The van der Waals surface area contributed by atoms with Gasteiger partial charge in [0.05, 0.1) is 12.1 Å². The van der Waals surface area contributed by atoms with Gasteiger partial charge < -0.3 is 20.9 Å². The lowest BCUT2D eigenvalue weighted by Crippen LogP contribution is -2.53. The summed E-state index contributed by atoms with van der Waals surface area (Å²) < 4.78 is 0. The third kappa shape index (κ3) is 9.49. The van der Waals surface area contributed by atoms with Crippen molar-refractivity contribution in [1.82, 2.24) is 20.9 Å². The number of rotatable bonds is 10. The molecule has 281 valence electrons. The fraction of sp³-hybridized carbons (Fsp3) is 0.435. The van der Waals surface area contributed by atoms with E-state index < -0.39 is 0 Å². The summed E-state index contributed by atoms with van der Waals surface area (Å²) in [5.74, 6) is 0.0496. The minimum Gasteiger partial charge on any atom is -0.343 e. The Balaban J connectivity index is 0.000000275. The molecule has 3 N–H and O–H groups in total. The van der Waals surface area contributed by atoms with Crippen molar-refractivity contribution in [3.05, 3.63) is 142 Å². The van der Waals surface area contributed by atoms with Gasteiger partial charge in [0.25, 0.3) is 11.8 Å². The standard InChI is InChI=1S/C23H30N2O.C22H28N2O.CH4.B/c1-17-11-10-12-18(2)20(17)22(26)24-21(19-13-6-5-7-14-19)23(25(3)4)15-8-9-16-23;1-16-10-9-11-17(2)19(16)21(25)24-20(18-12-5-4-6-13-18)22(23-3)14-7-8-15-22;;/h5-7,10-14,21H,8-9,15-16H2,1-4H3,(H,24,26);4-6,9-13,20,23H,7-8,14-15H2,1-3H3,(H,24,25);1H4;/i3-1;;;. The molecule has 2 aliphatic rings. The lowest BCUT2D eigenvalue weighted by molar-refractivity contribution is 0.0765. The van der Waals surface area contributed by atoms with Crippen LogP contribution in [0.15, 0.2) is 97.1 Å². The maximum absolute atomic E-state index is 13.3. The molecular formula is C46H62BN4O2. The molecule has 2 unspecified atom stereocenters. The van der Waals surface area contributed by atoms with Crippen molar-refractivity contribution < 1.29 is 9.59 Å². The molecule has 2 aliphatic carbocycles. The SMILES string of the molecule is C.CNC1(C(NC(=O)c2c(C)cccc2C)c2ccccc2)CCCC1.Cc1cccc(C)c1C(=O)NC(c1ccccc1)C1(N(C)[11CH3])CCCC1.[B]. The molecule has 0 saturated heterocycles. The van der Waals surface area contributed by atoms with E-state index >= 15 is 0 Å². The quantitative estimate of drug-likeness (QED) is 0.144. The number of nitrogens with zero attached hydrogens (tertiary/aromatic N) is 1. The van der Waals surface area contributed by atoms with Crippen LogP contribution in [0.1, 0.15) is 125 Å². The third-order valence-corrected chi connectivity index (χ3v) is 11.7. The third-order valence-electron chi connectivity index (χ3n) is 11.7.